The third kappa shape index (κ3) is 36.0. The molecule has 0 aliphatic rings. The van der Waals surface area contributed by atoms with Gasteiger partial charge in [-0.15, -0.1) is 0 Å². The third-order valence-electron chi connectivity index (χ3n) is 1.33. The molecule has 0 spiro atoms. The maximum atomic E-state index is 8.75. The van der Waals surface area contributed by atoms with Gasteiger partial charge in [-0.2, -0.15) is 0 Å². The Kier molecular flexibility index (Phi) is 50.7. The lowest BCUT2D eigenvalue weighted by Gasteiger charge is -1.69. The summed E-state index contributed by atoms with van der Waals surface area (Å²) in [6.45, 7) is 8.00. The third-order valence-corrected chi connectivity index (χ3v) is 1.33. The second-order valence-corrected chi connectivity index (χ2v) is 2.31. The first-order chi connectivity index (χ1) is 11.0. The molecule has 0 heterocycles. The van der Waals surface area contributed by atoms with Gasteiger partial charge in [0.15, 0.2) is 0 Å². The summed E-state index contributed by atoms with van der Waals surface area (Å²) in [6.07, 6.45) is 0. The van der Waals surface area contributed by atoms with E-state index < -0.39 is 0 Å². The van der Waals surface area contributed by atoms with Gasteiger partial charge in [0, 0.05) is 1.37 Å². The topological polar surface area (TPSA) is 26.0 Å². The van der Waals surface area contributed by atoms with E-state index in [1.807, 2.05) is 100 Å². The van der Waals surface area contributed by atoms with Gasteiger partial charge in [-0.3, -0.25) is 4.72 Å². The Morgan fingerprint density at radius 2 is 0.600 bits per heavy atom. The molecule has 0 radical (unpaired) electrons. The Hall–Kier alpha value is -1.67. The van der Waals surface area contributed by atoms with Crippen molar-refractivity contribution in [2.24, 2.45) is 5.73 Å². The number of rotatable bonds is 0. The van der Waals surface area contributed by atoms with Crippen molar-refractivity contribution < 1.29 is 6.09 Å². The fourth-order valence-electron chi connectivity index (χ4n) is 0.770. The van der Waals surface area contributed by atoms with E-state index in [4.69, 9.17) is 6.09 Å². The van der Waals surface area contributed by atoms with Crippen LogP contribution in [0.15, 0.2) is 72.8 Å². The van der Waals surface area contributed by atoms with E-state index in [2.05, 4.69) is 7.18 Å². The molecule has 118 valence electrons. The van der Waals surface area contributed by atoms with Crippen LogP contribution in [-0.2, 0) is 0 Å². The summed E-state index contributed by atoms with van der Waals surface area (Å²) in [4.78, 5) is 0. The molecule has 2 aromatic rings. The van der Waals surface area contributed by atoms with E-state index in [1.165, 1.54) is 14.5 Å². The van der Waals surface area contributed by atoms with Gasteiger partial charge in [-0.1, -0.05) is 108 Å². The maximum absolute atomic E-state index is 8.75. The lowest BCUT2D eigenvalue weighted by molar-refractivity contribution is 1.11. The normalized spacial score (nSPS) is 6.40. The minimum absolute atomic E-state index is 1.25. The predicted molar refractivity (Wildman–Crippen MR) is 94.9 cm³/mol. The van der Waals surface area contributed by atoms with Crippen molar-refractivity contribution in [3.63, 3.8) is 0 Å². The van der Waals surface area contributed by atoms with Crippen LogP contribution >= 0.6 is 0 Å². The molecule has 0 saturated heterocycles. The monoisotopic (exact) mass is 285 g/mol. The zero-order valence-electron chi connectivity index (χ0n) is 15.9. The Morgan fingerprint density at radius 3 is 0.650 bits per heavy atom. The number of benzene rings is 2. The Balaban J connectivity index is -0.0000000567. The van der Waals surface area contributed by atoms with Gasteiger partial charge >= 0.3 is 0 Å². The molecular formula is C18H34FN. The van der Waals surface area contributed by atoms with E-state index in [1.54, 1.807) is 0 Å². The molecule has 2 N–H and O–H groups in total. The number of hydrogen-bond donors (Lipinski definition) is 1. The van der Waals surface area contributed by atoms with Crippen molar-refractivity contribution >= 4 is 0 Å². The Bertz CT molecular complexity index is 196. The highest BCUT2D eigenvalue weighted by atomic mass is 19.0. The Morgan fingerprint density at radius 1 is 0.550 bits per heavy atom. The minimum atomic E-state index is 1.25. The largest absolute Gasteiger partial charge is 0.333 e. The van der Waals surface area contributed by atoms with Gasteiger partial charge < -0.3 is 5.73 Å². The number of halogens is 1. The molecule has 2 rings (SSSR count). The average Bonchev–Trinajstić information content (AvgIpc) is 2.73. The molecule has 0 fully saturated rings. The van der Waals surface area contributed by atoms with Gasteiger partial charge in [0.25, 0.3) is 1.45 Å². The van der Waals surface area contributed by atoms with E-state index in [0.717, 1.165) is 0 Å². The van der Waals surface area contributed by atoms with Gasteiger partial charge in [0.2, 0.25) is 0 Å². The Labute approximate surface area is 129 Å². The summed E-state index contributed by atoms with van der Waals surface area (Å²) in [6, 6.07) is 24.0. The second kappa shape index (κ2) is 43.3. The molecule has 20 heavy (non-hydrogen) atoms. The summed E-state index contributed by atoms with van der Waals surface area (Å²) in [5.41, 5.74) is 4.50. The van der Waals surface area contributed by atoms with E-state index in [9.17, 15) is 0 Å². The first-order valence-electron chi connectivity index (χ1n) is 7.96. The molecule has 1 nitrogen and oxygen atoms in total. The zero-order valence-corrected chi connectivity index (χ0v) is 13.9. The van der Waals surface area contributed by atoms with Crippen LogP contribution in [0.4, 0.5) is 4.72 Å². The maximum Gasteiger partial charge on any atom is 0.269 e. The van der Waals surface area contributed by atoms with Gasteiger partial charge in [-0.25, -0.2) is 0 Å². The quantitative estimate of drug-likeness (QED) is 0.651. The van der Waals surface area contributed by atoms with Crippen LogP contribution in [0.5, 0.6) is 0 Å². The van der Waals surface area contributed by atoms with Crippen LogP contribution in [0.3, 0.4) is 0 Å². The highest BCUT2D eigenvalue weighted by Gasteiger charge is 1.58. The molecular weight excluding hydrogens is 249 g/mol. The van der Waals surface area contributed by atoms with Gasteiger partial charge in [0.1, 0.15) is 0 Å². The predicted octanol–water partition coefficient (Wildman–Crippen LogP) is 5.79. The molecule has 0 unspecified atom stereocenters. The highest BCUT2D eigenvalue weighted by Crippen LogP contribution is 1.80. The fraction of sp³-hybridized carbons (Fsp3) is 0.333. The molecule has 0 atom stereocenters. The minimum Gasteiger partial charge on any atom is -0.333 e. The van der Waals surface area contributed by atoms with Gasteiger partial charge in [-0.05, 0) is 7.05 Å². The molecule has 0 amide bonds. The summed E-state index contributed by atoms with van der Waals surface area (Å²) in [7, 11) is 2.75. The molecule has 0 aromatic heterocycles. The lowest BCUT2D eigenvalue weighted by Crippen LogP contribution is -1.69. The van der Waals surface area contributed by atoms with Gasteiger partial charge in [0.05, 0.1) is 0 Å². The van der Waals surface area contributed by atoms with Crippen LogP contribution in [0.1, 0.15) is 36.5 Å². The summed E-state index contributed by atoms with van der Waals surface area (Å²) in [5.74, 6) is 0. The van der Waals surface area contributed by atoms with Crippen molar-refractivity contribution in [3.05, 3.63) is 72.8 Å². The summed E-state index contributed by atoms with van der Waals surface area (Å²) >= 11 is 0. The van der Waals surface area contributed by atoms with E-state index in [-0.39, 0.29) is 0 Å². The van der Waals surface area contributed by atoms with Crippen molar-refractivity contribution in [1.29, 1.82) is 1.45 Å². The van der Waals surface area contributed by atoms with Crippen LogP contribution < -0.4 is 5.73 Å². The lowest BCUT2D eigenvalue weighted by atomic mass is 10.4. The fourth-order valence-corrected chi connectivity index (χ4v) is 0.770. The molecule has 0 aliphatic carbocycles. The number of nitrogens with two attached hydrogens (primary N) is 1. The van der Waals surface area contributed by atoms with E-state index >= 15 is 0 Å². The van der Waals surface area contributed by atoms with Crippen LogP contribution in [0, 0.1) is 0 Å². The second-order valence-electron chi connectivity index (χ2n) is 2.31. The SMILES string of the molecule is CC.CC.CN.[2H]C.[2H]F.c1ccccc1.c1ccccc1. The standard InChI is InChI=1S/2C6H6.2C2H6.CH5N.CH4.FH/c2*1-2-4-6-5-3-1;3*1-2;;/h2*1-6H;2*1-2H3;2H2,1H3;1H4;1H/i;;;;;1D;/hD. The smallest absolute Gasteiger partial charge is 0.269 e. The highest BCUT2D eigenvalue weighted by molar-refractivity contribution is 4.99. The molecule has 0 bridgehead atoms. The van der Waals surface area contributed by atoms with Crippen LogP contribution in [0.25, 0.3) is 0 Å². The molecule has 0 saturated carbocycles. The van der Waals surface area contributed by atoms with Crippen molar-refractivity contribution in [1.82, 2.24) is 0 Å². The summed E-state index contributed by atoms with van der Waals surface area (Å²) in [5, 5.41) is 0. The van der Waals surface area contributed by atoms with Crippen LogP contribution in [0.2, 0.25) is 0 Å². The number of hydrogen-bond acceptors (Lipinski definition) is 1. The van der Waals surface area contributed by atoms with Crippen molar-refractivity contribution in [2.75, 3.05) is 7.05 Å². The average molecular weight is 285 g/mol. The molecule has 2 aromatic carbocycles. The zero-order chi connectivity index (χ0) is 18.5. The van der Waals surface area contributed by atoms with E-state index in [0.29, 0.717) is 0 Å². The first kappa shape index (κ1) is 23.4. The molecule has 2 heteroatoms. The first-order valence-corrected chi connectivity index (χ1v) is 6.58. The van der Waals surface area contributed by atoms with Crippen molar-refractivity contribution in [2.45, 2.75) is 35.1 Å². The summed E-state index contributed by atoms with van der Waals surface area (Å²) < 4.78 is 18.8. The van der Waals surface area contributed by atoms with Crippen molar-refractivity contribution in [3.8, 4) is 0 Å². The van der Waals surface area contributed by atoms with Crippen LogP contribution in [-0.4, -0.2) is 8.50 Å². The molecule has 0 aliphatic heterocycles.